The first-order chi connectivity index (χ1) is 17.4. The van der Waals surface area contributed by atoms with E-state index < -0.39 is 17.6 Å². The Morgan fingerprint density at radius 3 is 2.75 bits per heavy atom. The van der Waals surface area contributed by atoms with Crippen molar-refractivity contribution in [3.63, 3.8) is 0 Å². The Morgan fingerprint density at radius 2 is 2.00 bits per heavy atom. The number of piperazine rings is 1. The average Bonchev–Trinajstić information content (AvgIpc) is 3.57. The Morgan fingerprint density at radius 1 is 1.17 bits per heavy atom. The summed E-state index contributed by atoms with van der Waals surface area (Å²) in [5.41, 5.74) is 0.485. The largest absolute Gasteiger partial charge is 0.451 e. The number of anilines is 2. The van der Waals surface area contributed by atoms with Gasteiger partial charge in [-0.25, -0.2) is 4.98 Å². The monoisotopic (exact) mass is 513 g/mol. The van der Waals surface area contributed by atoms with Gasteiger partial charge in [-0.15, -0.1) is 11.3 Å². The number of amides is 1. The normalized spacial score (nSPS) is 16.2. The van der Waals surface area contributed by atoms with Crippen LogP contribution in [0.1, 0.15) is 21.1 Å². The molecule has 11 heteroatoms. The Hall–Kier alpha value is -3.70. The molecular formula is C25H22F3N5O2S. The van der Waals surface area contributed by atoms with Crippen LogP contribution in [0, 0.1) is 0 Å². The van der Waals surface area contributed by atoms with Crippen molar-refractivity contribution in [2.45, 2.75) is 18.6 Å². The third kappa shape index (κ3) is 5.42. The van der Waals surface area contributed by atoms with Crippen molar-refractivity contribution in [1.29, 1.82) is 0 Å². The fourth-order valence-corrected chi connectivity index (χ4v) is 4.85. The molecule has 1 aliphatic rings. The van der Waals surface area contributed by atoms with E-state index in [9.17, 15) is 18.0 Å². The fourth-order valence-electron chi connectivity index (χ4n) is 4.15. The van der Waals surface area contributed by atoms with Crippen LogP contribution in [0.5, 0.6) is 0 Å². The molecule has 36 heavy (non-hydrogen) atoms. The van der Waals surface area contributed by atoms with Gasteiger partial charge in [-0.05, 0) is 42.5 Å². The van der Waals surface area contributed by atoms with Gasteiger partial charge in [0.15, 0.2) is 5.76 Å². The zero-order valence-electron chi connectivity index (χ0n) is 19.0. The number of thiazole rings is 1. The molecule has 1 saturated heterocycles. The summed E-state index contributed by atoms with van der Waals surface area (Å²) < 4.78 is 46.2. The predicted octanol–water partition coefficient (Wildman–Crippen LogP) is 5.09. The van der Waals surface area contributed by atoms with E-state index in [0.29, 0.717) is 37.5 Å². The second kappa shape index (κ2) is 10.1. The maximum atomic E-state index is 13.5. The van der Waals surface area contributed by atoms with Crippen molar-refractivity contribution in [1.82, 2.24) is 15.3 Å². The summed E-state index contributed by atoms with van der Waals surface area (Å²) in [5, 5.41) is 8.98. The predicted molar refractivity (Wildman–Crippen MR) is 131 cm³/mol. The van der Waals surface area contributed by atoms with Gasteiger partial charge in [0.05, 0.1) is 21.9 Å². The molecule has 0 saturated carbocycles. The third-order valence-corrected chi connectivity index (χ3v) is 6.67. The second-order valence-electron chi connectivity index (χ2n) is 8.31. The molecule has 1 unspecified atom stereocenters. The van der Waals surface area contributed by atoms with Gasteiger partial charge in [-0.3, -0.25) is 9.78 Å². The number of benzene rings is 1. The molecular weight excluding hydrogens is 491 g/mol. The van der Waals surface area contributed by atoms with Gasteiger partial charge >= 0.3 is 6.18 Å². The van der Waals surface area contributed by atoms with E-state index in [1.807, 2.05) is 10.3 Å². The Kier molecular flexibility index (Phi) is 6.75. The first-order valence-electron chi connectivity index (χ1n) is 11.3. The molecule has 4 heterocycles. The summed E-state index contributed by atoms with van der Waals surface area (Å²) in [4.78, 5) is 23.3. The molecule has 1 atom stereocenters. The lowest BCUT2D eigenvalue weighted by atomic mass is 10.1. The number of carbonyl (C=O) groups excluding carboxylic acids is 1. The van der Waals surface area contributed by atoms with E-state index in [4.69, 9.17) is 4.42 Å². The first-order valence-corrected chi connectivity index (χ1v) is 12.1. The van der Waals surface area contributed by atoms with Crippen LogP contribution in [-0.2, 0) is 12.6 Å². The van der Waals surface area contributed by atoms with Crippen molar-refractivity contribution in [3.8, 4) is 11.3 Å². The fraction of sp³-hybridized carbons (Fsp3) is 0.240. The second-order valence-corrected chi connectivity index (χ2v) is 9.29. The third-order valence-electron chi connectivity index (χ3n) is 5.87. The van der Waals surface area contributed by atoms with Crippen molar-refractivity contribution in [3.05, 3.63) is 82.8 Å². The topological polar surface area (TPSA) is 83.3 Å². The highest BCUT2D eigenvalue weighted by Gasteiger charge is 2.32. The Balaban J connectivity index is 1.40. The zero-order chi connectivity index (χ0) is 25.1. The van der Waals surface area contributed by atoms with Gasteiger partial charge in [-0.1, -0.05) is 0 Å². The number of halogens is 3. The molecule has 7 nitrogen and oxygen atoms in total. The molecule has 1 aliphatic heterocycles. The number of hydrogen-bond donors (Lipinski definition) is 2. The smallest absolute Gasteiger partial charge is 0.416 e. The van der Waals surface area contributed by atoms with Gasteiger partial charge in [0.1, 0.15) is 5.76 Å². The molecule has 1 aromatic carbocycles. The SMILES string of the molecule is O=C(Nc1cc(C(F)(F)F)ccc1N1CCNC(Cc2nccs2)C1)c1ccc(-c2ccncc2)o1. The molecule has 4 aromatic rings. The zero-order valence-corrected chi connectivity index (χ0v) is 19.8. The highest BCUT2D eigenvalue weighted by atomic mass is 32.1. The Bertz CT molecular complexity index is 1330. The minimum atomic E-state index is -4.55. The number of nitrogens with zero attached hydrogens (tertiary/aromatic N) is 3. The molecule has 2 N–H and O–H groups in total. The molecule has 0 bridgehead atoms. The van der Waals surface area contributed by atoms with Crippen molar-refractivity contribution >= 4 is 28.6 Å². The van der Waals surface area contributed by atoms with Gasteiger partial charge in [0.2, 0.25) is 0 Å². The van der Waals surface area contributed by atoms with Crippen molar-refractivity contribution in [2.75, 3.05) is 29.9 Å². The molecule has 1 fully saturated rings. The minimum absolute atomic E-state index is 0.00729. The number of aromatic nitrogens is 2. The maximum Gasteiger partial charge on any atom is 0.416 e. The van der Waals surface area contributed by atoms with Crippen LogP contribution in [0.25, 0.3) is 11.3 Å². The quantitative estimate of drug-likeness (QED) is 0.374. The number of nitrogens with one attached hydrogen (secondary N) is 2. The number of furan rings is 1. The average molecular weight is 514 g/mol. The standard InChI is InChI=1S/C25H22F3N5O2S/c26-25(27,28)17-1-2-20(33-11-9-30-18(15-33)14-23-31-10-12-36-23)19(13-17)32-24(34)22-4-3-21(35-22)16-5-7-29-8-6-16/h1-8,10,12-13,18,30H,9,11,14-15H2,(H,32,34). The van der Waals surface area contributed by atoms with E-state index in [2.05, 4.69) is 20.6 Å². The van der Waals surface area contributed by atoms with Gasteiger partial charge in [-0.2, -0.15) is 13.2 Å². The molecule has 0 spiro atoms. The van der Waals surface area contributed by atoms with Crippen molar-refractivity contribution < 1.29 is 22.4 Å². The molecule has 5 rings (SSSR count). The van der Waals surface area contributed by atoms with E-state index in [-0.39, 0.29) is 17.5 Å². The summed E-state index contributed by atoms with van der Waals surface area (Å²) in [7, 11) is 0. The first kappa shape index (κ1) is 24.0. The number of pyridine rings is 1. The van der Waals surface area contributed by atoms with Gasteiger partial charge in [0, 0.05) is 61.6 Å². The molecule has 0 aliphatic carbocycles. The van der Waals surface area contributed by atoms with E-state index in [1.54, 1.807) is 48.1 Å². The number of carbonyl (C=O) groups is 1. The summed E-state index contributed by atoms with van der Waals surface area (Å²) in [6.45, 7) is 1.79. The summed E-state index contributed by atoms with van der Waals surface area (Å²) >= 11 is 1.56. The molecule has 3 aromatic heterocycles. The number of rotatable bonds is 6. The Labute approximate surface area is 209 Å². The minimum Gasteiger partial charge on any atom is -0.451 e. The van der Waals surface area contributed by atoms with Gasteiger partial charge in [0.25, 0.3) is 5.91 Å². The molecule has 0 radical (unpaired) electrons. The van der Waals surface area contributed by atoms with Crippen LogP contribution in [-0.4, -0.2) is 41.6 Å². The van der Waals surface area contributed by atoms with Gasteiger partial charge < -0.3 is 20.0 Å². The van der Waals surface area contributed by atoms with Crippen LogP contribution in [0.4, 0.5) is 24.5 Å². The summed E-state index contributed by atoms with van der Waals surface area (Å²) in [6.07, 6.45) is 1.11. The van der Waals surface area contributed by atoms with Crippen LogP contribution in [0.15, 0.2) is 70.9 Å². The number of alkyl halides is 3. The lowest BCUT2D eigenvalue weighted by Gasteiger charge is -2.36. The molecule has 186 valence electrons. The van der Waals surface area contributed by atoms with E-state index >= 15 is 0 Å². The van der Waals surface area contributed by atoms with Crippen LogP contribution < -0.4 is 15.5 Å². The maximum absolute atomic E-state index is 13.5. The van der Waals surface area contributed by atoms with E-state index in [0.717, 1.165) is 22.7 Å². The van der Waals surface area contributed by atoms with Crippen LogP contribution in [0.2, 0.25) is 0 Å². The van der Waals surface area contributed by atoms with Crippen LogP contribution >= 0.6 is 11.3 Å². The molecule has 1 amide bonds. The summed E-state index contributed by atoms with van der Waals surface area (Å²) in [6, 6.07) is 10.1. The summed E-state index contributed by atoms with van der Waals surface area (Å²) in [5.74, 6) is -0.184. The highest BCUT2D eigenvalue weighted by molar-refractivity contribution is 7.09. The van der Waals surface area contributed by atoms with Crippen molar-refractivity contribution in [2.24, 2.45) is 0 Å². The highest BCUT2D eigenvalue weighted by Crippen LogP contribution is 2.36. The van der Waals surface area contributed by atoms with E-state index in [1.165, 1.54) is 12.1 Å². The number of hydrogen-bond acceptors (Lipinski definition) is 7. The lowest BCUT2D eigenvalue weighted by Crippen LogP contribution is -2.51. The lowest BCUT2D eigenvalue weighted by molar-refractivity contribution is -0.137. The van der Waals surface area contributed by atoms with Crippen LogP contribution in [0.3, 0.4) is 0 Å².